The predicted molar refractivity (Wildman–Crippen MR) is 124 cm³/mol. The van der Waals surface area contributed by atoms with Crippen LogP contribution in [0.25, 0.3) is 0 Å². The van der Waals surface area contributed by atoms with Crippen LogP contribution in [0.4, 0.5) is 0 Å². The summed E-state index contributed by atoms with van der Waals surface area (Å²) in [7, 11) is 0. The number of rotatable bonds is 8. The summed E-state index contributed by atoms with van der Waals surface area (Å²) in [5.74, 6) is 1.66. The van der Waals surface area contributed by atoms with Crippen molar-refractivity contribution in [1.29, 1.82) is 0 Å². The molecule has 1 saturated heterocycles. The molecule has 0 radical (unpaired) electrons. The van der Waals surface area contributed by atoms with Gasteiger partial charge in [0.15, 0.2) is 5.16 Å². The SMILES string of the molecule is O=C(CSc1nnc(Cc2cccs2)n1C1CC1)N1CCN(Cc2ccccc2)CC1. The highest BCUT2D eigenvalue weighted by molar-refractivity contribution is 7.99. The van der Waals surface area contributed by atoms with E-state index >= 15 is 0 Å². The second-order valence-electron chi connectivity index (χ2n) is 8.19. The fraction of sp³-hybridized carbons (Fsp3) is 0.435. The second-order valence-corrected chi connectivity index (χ2v) is 10.2. The number of carbonyl (C=O) groups is 1. The van der Waals surface area contributed by atoms with Crippen molar-refractivity contribution >= 4 is 29.0 Å². The lowest BCUT2D eigenvalue weighted by atomic mass is 10.2. The molecule has 31 heavy (non-hydrogen) atoms. The van der Waals surface area contributed by atoms with Gasteiger partial charge < -0.3 is 9.47 Å². The van der Waals surface area contributed by atoms with Gasteiger partial charge >= 0.3 is 0 Å². The van der Waals surface area contributed by atoms with Crippen LogP contribution in [0.3, 0.4) is 0 Å². The fourth-order valence-electron chi connectivity index (χ4n) is 4.01. The molecule has 0 atom stereocenters. The van der Waals surface area contributed by atoms with Gasteiger partial charge in [0.2, 0.25) is 5.91 Å². The Labute approximate surface area is 191 Å². The van der Waals surface area contributed by atoms with Crippen molar-refractivity contribution in [3.8, 4) is 0 Å². The molecule has 3 aromatic rings. The predicted octanol–water partition coefficient (Wildman–Crippen LogP) is 3.70. The number of aromatic nitrogens is 3. The molecule has 2 aromatic heterocycles. The van der Waals surface area contributed by atoms with E-state index in [9.17, 15) is 4.79 Å². The number of nitrogens with zero attached hydrogens (tertiary/aromatic N) is 5. The van der Waals surface area contributed by atoms with Crippen molar-refractivity contribution in [1.82, 2.24) is 24.6 Å². The molecule has 162 valence electrons. The molecule has 8 heteroatoms. The molecule has 0 N–H and O–H groups in total. The van der Waals surface area contributed by atoms with E-state index in [1.165, 1.54) is 23.3 Å². The summed E-state index contributed by atoms with van der Waals surface area (Å²) in [6.45, 7) is 4.40. The van der Waals surface area contributed by atoms with Crippen LogP contribution < -0.4 is 0 Å². The van der Waals surface area contributed by atoms with Crippen molar-refractivity contribution in [2.75, 3.05) is 31.9 Å². The van der Waals surface area contributed by atoms with E-state index in [4.69, 9.17) is 0 Å². The number of hydrogen-bond donors (Lipinski definition) is 0. The van der Waals surface area contributed by atoms with Gasteiger partial charge in [-0.3, -0.25) is 9.69 Å². The Balaban J connectivity index is 1.14. The summed E-state index contributed by atoms with van der Waals surface area (Å²) in [6.07, 6.45) is 3.18. The molecule has 2 fully saturated rings. The summed E-state index contributed by atoms with van der Waals surface area (Å²) in [5.41, 5.74) is 1.33. The number of piperazine rings is 1. The highest BCUT2D eigenvalue weighted by Gasteiger charge is 2.30. The van der Waals surface area contributed by atoms with E-state index in [2.05, 4.69) is 61.4 Å². The number of hydrogen-bond acceptors (Lipinski definition) is 6. The average Bonchev–Trinajstić information content (AvgIpc) is 3.35. The largest absolute Gasteiger partial charge is 0.339 e. The lowest BCUT2D eigenvalue weighted by Crippen LogP contribution is -2.48. The maximum Gasteiger partial charge on any atom is 0.233 e. The van der Waals surface area contributed by atoms with Crippen molar-refractivity contribution < 1.29 is 4.79 Å². The number of benzene rings is 1. The first kappa shape index (κ1) is 20.7. The molecular weight excluding hydrogens is 426 g/mol. The van der Waals surface area contributed by atoms with Gasteiger partial charge in [0, 0.05) is 50.1 Å². The molecule has 1 saturated carbocycles. The Morgan fingerprint density at radius 2 is 1.84 bits per heavy atom. The summed E-state index contributed by atoms with van der Waals surface area (Å²) < 4.78 is 2.27. The zero-order valence-electron chi connectivity index (χ0n) is 17.5. The van der Waals surface area contributed by atoms with Gasteiger partial charge in [0.05, 0.1) is 5.75 Å². The first-order valence-electron chi connectivity index (χ1n) is 10.9. The zero-order chi connectivity index (χ0) is 21.0. The van der Waals surface area contributed by atoms with Crippen LogP contribution in [0.1, 0.15) is 35.1 Å². The summed E-state index contributed by atoms with van der Waals surface area (Å²) in [5, 5.41) is 11.9. The zero-order valence-corrected chi connectivity index (χ0v) is 19.2. The summed E-state index contributed by atoms with van der Waals surface area (Å²) in [6, 6.07) is 15.3. The van der Waals surface area contributed by atoms with Gasteiger partial charge in [-0.15, -0.1) is 21.5 Å². The average molecular weight is 454 g/mol. The van der Waals surface area contributed by atoms with Crippen LogP contribution in [0, 0.1) is 0 Å². The molecule has 6 nitrogen and oxygen atoms in total. The molecule has 0 spiro atoms. The first-order valence-corrected chi connectivity index (χ1v) is 12.8. The van der Waals surface area contributed by atoms with Crippen molar-refractivity contribution in [3.05, 3.63) is 64.1 Å². The van der Waals surface area contributed by atoms with E-state index in [-0.39, 0.29) is 5.91 Å². The number of amides is 1. The Bertz CT molecular complexity index is 992. The van der Waals surface area contributed by atoms with Crippen LogP contribution >= 0.6 is 23.1 Å². The third-order valence-corrected chi connectivity index (χ3v) is 7.66. The molecule has 3 heterocycles. The molecular formula is C23H27N5OS2. The maximum atomic E-state index is 12.8. The highest BCUT2D eigenvalue weighted by atomic mass is 32.2. The Morgan fingerprint density at radius 1 is 1.03 bits per heavy atom. The minimum absolute atomic E-state index is 0.203. The van der Waals surface area contributed by atoms with Gasteiger partial charge in [0.25, 0.3) is 0 Å². The normalized spacial score (nSPS) is 17.2. The van der Waals surface area contributed by atoms with E-state index in [1.54, 1.807) is 23.1 Å². The lowest BCUT2D eigenvalue weighted by Gasteiger charge is -2.34. The minimum Gasteiger partial charge on any atom is -0.339 e. The van der Waals surface area contributed by atoms with E-state index in [0.717, 1.165) is 50.1 Å². The molecule has 0 unspecified atom stereocenters. The number of thiophene rings is 1. The quantitative estimate of drug-likeness (QED) is 0.487. The molecule has 0 bridgehead atoms. The number of carbonyl (C=O) groups excluding carboxylic acids is 1. The smallest absolute Gasteiger partial charge is 0.233 e. The second kappa shape index (κ2) is 9.54. The highest BCUT2D eigenvalue weighted by Crippen LogP contribution is 2.39. The third kappa shape index (κ3) is 5.19. The fourth-order valence-corrected chi connectivity index (χ4v) is 5.64. The maximum absolute atomic E-state index is 12.8. The molecule has 2 aliphatic rings. The van der Waals surface area contributed by atoms with Gasteiger partial charge in [-0.2, -0.15) is 0 Å². The molecule has 5 rings (SSSR count). The first-order chi connectivity index (χ1) is 15.3. The van der Waals surface area contributed by atoms with Crippen molar-refractivity contribution in [2.45, 2.75) is 37.0 Å². The Morgan fingerprint density at radius 3 is 2.55 bits per heavy atom. The standard InChI is InChI=1S/C23H27N5OS2/c29-22(27-12-10-26(11-13-27)16-18-5-2-1-3-6-18)17-31-23-25-24-21(28(23)19-8-9-19)15-20-7-4-14-30-20/h1-7,14,19H,8-13,15-17H2. The van der Waals surface area contributed by atoms with E-state index < -0.39 is 0 Å². The van der Waals surface area contributed by atoms with E-state index in [1.807, 2.05) is 11.0 Å². The Kier molecular flexibility index (Phi) is 6.38. The van der Waals surface area contributed by atoms with Gasteiger partial charge in [-0.05, 0) is 29.9 Å². The van der Waals surface area contributed by atoms with Crippen LogP contribution in [0.15, 0.2) is 53.0 Å². The lowest BCUT2D eigenvalue weighted by molar-refractivity contribution is -0.130. The van der Waals surface area contributed by atoms with Crippen LogP contribution in [0.5, 0.6) is 0 Å². The minimum atomic E-state index is 0.203. The van der Waals surface area contributed by atoms with Gasteiger partial charge in [-0.1, -0.05) is 48.2 Å². The summed E-state index contributed by atoms with van der Waals surface area (Å²) >= 11 is 3.29. The Hall–Kier alpha value is -2.16. The topological polar surface area (TPSA) is 54.3 Å². The number of thioether (sulfide) groups is 1. The third-order valence-electron chi connectivity index (χ3n) is 5.86. The van der Waals surface area contributed by atoms with E-state index in [0.29, 0.717) is 11.8 Å². The molecule has 1 aromatic carbocycles. The van der Waals surface area contributed by atoms with Crippen LogP contribution in [-0.4, -0.2) is 62.4 Å². The van der Waals surface area contributed by atoms with Crippen LogP contribution in [0.2, 0.25) is 0 Å². The molecule has 1 aliphatic heterocycles. The van der Waals surface area contributed by atoms with Gasteiger partial charge in [0.1, 0.15) is 5.82 Å². The van der Waals surface area contributed by atoms with Crippen molar-refractivity contribution in [2.24, 2.45) is 0 Å². The molecule has 1 amide bonds. The van der Waals surface area contributed by atoms with Crippen LogP contribution in [-0.2, 0) is 17.8 Å². The molecule has 1 aliphatic carbocycles. The van der Waals surface area contributed by atoms with Crippen molar-refractivity contribution in [3.63, 3.8) is 0 Å². The summed E-state index contributed by atoms with van der Waals surface area (Å²) in [4.78, 5) is 18.6. The van der Waals surface area contributed by atoms with Gasteiger partial charge in [-0.25, -0.2) is 0 Å². The monoisotopic (exact) mass is 453 g/mol.